The number of para-hydroxylation sites is 3. The molecule has 8 aromatic rings. The molecule has 0 radical (unpaired) electrons. The standard InChI is InChI=1S/C45H34N2/c1-45(2)41-21-13-12-20-37(41)38-29-40-39-28-32(24-27-43(39)47(44(40)30-42(38)45)35-18-10-5-11-19-35)31-22-25-36(26-23-31)46(33-14-6-3-7-15-33)34-16-8-4-9-17-34/h3-30H,1-2H3/i5D,10D,11D,18D,19D. The zero-order chi connectivity index (χ0) is 35.9. The summed E-state index contributed by atoms with van der Waals surface area (Å²) in [4.78, 5) is 2.24. The summed E-state index contributed by atoms with van der Waals surface area (Å²) >= 11 is 0. The van der Waals surface area contributed by atoms with E-state index in [1.165, 1.54) is 11.1 Å². The van der Waals surface area contributed by atoms with Crippen LogP contribution in [0.2, 0.25) is 0 Å². The molecule has 0 aliphatic heterocycles. The Hall–Kier alpha value is -5.86. The lowest BCUT2D eigenvalue weighted by molar-refractivity contribution is 0.661. The van der Waals surface area contributed by atoms with Crippen molar-refractivity contribution in [1.82, 2.24) is 4.57 Å². The summed E-state index contributed by atoms with van der Waals surface area (Å²) in [5, 5.41) is 1.91. The lowest BCUT2D eigenvalue weighted by Gasteiger charge is -2.25. The average molecular weight is 608 g/mol. The van der Waals surface area contributed by atoms with Crippen LogP contribution in [0.5, 0.6) is 0 Å². The van der Waals surface area contributed by atoms with E-state index in [0.29, 0.717) is 0 Å². The molecule has 0 fully saturated rings. The molecule has 1 aromatic heterocycles. The van der Waals surface area contributed by atoms with Crippen LogP contribution in [0.25, 0.3) is 49.7 Å². The van der Waals surface area contributed by atoms with E-state index in [4.69, 9.17) is 6.85 Å². The van der Waals surface area contributed by atoms with Crippen LogP contribution < -0.4 is 4.90 Å². The van der Waals surface area contributed by atoms with Crippen LogP contribution in [0.15, 0.2) is 170 Å². The summed E-state index contributed by atoms with van der Waals surface area (Å²) in [5.74, 6) is 0. The van der Waals surface area contributed by atoms with Crippen LogP contribution in [0.1, 0.15) is 31.8 Å². The van der Waals surface area contributed by atoms with Gasteiger partial charge in [-0.25, -0.2) is 0 Å². The summed E-state index contributed by atoms with van der Waals surface area (Å²) < 4.78 is 45.1. The van der Waals surface area contributed by atoms with E-state index in [1.807, 2.05) is 47.0 Å². The molecule has 47 heavy (non-hydrogen) atoms. The van der Waals surface area contributed by atoms with E-state index in [1.54, 1.807) is 0 Å². The van der Waals surface area contributed by atoms with Gasteiger partial charge in [-0.2, -0.15) is 0 Å². The quantitative estimate of drug-likeness (QED) is 0.189. The molecule has 2 nitrogen and oxygen atoms in total. The second-order valence-corrected chi connectivity index (χ2v) is 12.7. The molecular weight excluding hydrogens is 569 g/mol. The van der Waals surface area contributed by atoms with Crippen molar-refractivity contribution < 1.29 is 6.85 Å². The van der Waals surface area contributed by atoms with Gasteiger partial charge in [-0.1, -0.05) is 111 Å². The highest BCUT2D eigenvalue weighted by Gasteiger charge is 2.36. The van der Waals surface area contributed by atoms with Crippen LogP contribution in [-0.2, 0) is 5.41 Å². The van der Waals surface area contributed by atoms with Gasteiger partial charge in [0.2, 0.25) is 0 Å². The average Bonchev–Trinajstić information content (AvgIpc) is 3.61. The Morgan fingerprint density at radius 3 is 1.81 bits per heavy atom. The van der Waals surface area contributed by atoms with Gasteiger partial charge in [0.15, 0.2) is 0 Å². The minimum absolute atomic E-state index is 0.151. The second kappa shape index (κ2) is 10.6. The van der Waals surface area contributed by atoms with Gasteiger partial charge in [-0.3, -0.25) is 0 Å². The third-order valence-electron chi connectivity index (χ3n) is 9.67. The van der Waals surface area contributed by atoms with Crippen molar-refractivity contribution in [2.24, 2.45) is 0 Å². The zero-order valence-electron chi connectivity index (χ0n) is 31.2. The van der Waals surface area contributed by atoms with Crippen molar-refractivity contribution in [2.45, 2.75) is 19.3 Å². The fraction of sp³-hybridized carbons (Fsp3) is 0.0667. The Morgan fingerprint density at radius 2 is 1.11 bits per heavy atom. The van der Waals surface area contributed by atoms with E-state index in [0.717, 1.165) is 61.1 Å². The highest BCUT2D eigenvalue weighted by atomic mass is 15.1. The molecule has 1 aliphatic carbocycles. The fourth-order valence-corrected chi connectivity index (χ4v) is 7.39. The first kappa shape index (κ1) is 22.6. The van der Waals surface area contributed by atoms with Crippen LogP contribution in [0.3, 0.4) is 0 Å². The molecule has 0 amide bonds. The van der Waals surface area contributed by atoms with Gasteiger partial charge in [-0.05, 0) is 106 Å². The first-order chi connectivity index (χ1) is 25.1. The molecule has 7 aromatic carbocycles. The van der Waals surface area contributed by atoms with Crippen molar-refractivity contribution >= 4 is 38.9 Å². The number of nitrogens with zero attached hydrogens (tertiary/aromatic N) is 2. The molecule has 224 valence electrons. The SMILES string of the molecule is [2H]c1c([2H])c([2H])c(-n2c3ccc(-c4ccc(N(c5ccccc5)c5ccccc5)cc4)cc3c3cc4c(cc32)C(C)(C)c2ccccc2-4)c([2H])c1[2H]. The third kappa shape index (κ3) is 4.33. The number of rotatable bonds is 5. The van der Waals surface area contributed by atoms with Gasteiger partial charge in [0.05, 0.1) is 17.9 Å². The Kier molecular flexibility index (Phi) is 5.10. The summed E-state index contributed by atoms with van der Waals surface area (Å²) in [5.41, 5.74) is 11.5. The van der Waals surface area contributed by atoms with E-state index >= 15 is 0 Å². The van der Waals surface area contributed by atoms with Gasteiger partial charge >= 0.3 is 0 Å². The van der Waals surface area contributed by atoms with Crippen molar-refractivity contribution in [2.75, 3.05) is 4.90 Å². The number of hydrogen-bond donors (Lipinski definition) is 0. The Bertz CT molecular complexity index is 2630. The van der Waals surface area contributed by atoms with Crippen molar-refractivity contribution in [3.63, 3.8) is 0 Å². The number of hydrogen-bond acceptors (Lipinski definition) is 1. The maximum atomic E-state index is 8.96. The highest BCUT2D eigenvalue weighted by molar-refractivity contribution is 6.12. The van der Waals surface area contributed by atoms with E-state index in [9.17, 15) is 0 Å². The van der Waals surface area contributed by atoms with Crippen LogP contribution >= 0.6 is 0 Å². The van der Waals surface area contributed by atoms with Crippen LogP contribution in [-0.4, -0.2) is 4.57 Å². The molecule has 1 heterocycles. The third-order valence-corrected chi connectivity index (χ3v) is 9.67. The maximum absolute atomic E-state index is 8.96. The predicted molar refractivity (Wildman–Crippen MR) is 198 cm³/mol. The molecule has 0 N–H and O–H groups in total. The Balaban J connectivity index is 1.26. The summed E-state index contributed by atoms with van der Waals surface area (Å²) in [6, 6.07) is 46.8. The Morgan fingerprint density at radius 1 is 0.511 bits per heavy atom. The minimum Gasteiger partial charge on any atom is -0.311 e. The van der Waals surface area contributed by atoms with Crippen LogP contribution in [0.4, 0.5) is 17.1 Å². The number of fused-ring (bicyclic) bond motifs is 6. The van der Waals surface area contributed by atoms with Crippen molar-refractivity contribution in [3.05, 3.63) is 181 Å². The summed E-state index contributed by atoms with van der Waals surface area (Å²) in [7, 11) is 0. The summed E-state index contributed by atoms with van der Waals surface area (Å²) in [6.45, 7) is 4.44. The van der Waals surface area contributed by atoms with Crippen LogP contribution in [0, 0.1) is 0 Å². The number of aromatic nitrogens is 1. The molecule has 0 atom stereocenters. The molecule has 9 rings (SSSR count). The van der Waals surface area contributed by atoms with E-state index < -0.39 is 6.04 Å². The lowest BCUT2D eigenvalue weighted by Crippen LogP contribution is -2.14. The van der Waals surface area contributed by atoms with Gasteiger partial charge in [0, 0.05) is 38.9 Å². The van der Waals surface area contributed by atoms with Gasteiger partial charge in [0.1, 0.15) is 0 Å². The molecule has 0 saturated heterocycles. The molecule has 2 heteroatoms. The topological polar surface area (TPSA) is 8.17 Å². The lowest BCUT2D eigenvalue weighted by atomic mass is 9.82. The Labute approximate surface area is 282 Å². The first-order valence-corrected chi connectivity index (χ1v) is 16.0. The molecule has 0 unspecified atom stereocenters. The molecular formula is C45H34N2. The van der Waals surface area contributed by atoms with Gasteiger partial charge in [0.25, 0.3) is 0 Å². The van der Waals surface area contributed by atoms with Gasteiger partial charge in [-0.15, -0.1) is 0 Å². The van der Waals surface area contributed by atoms with E-state index in [-0.39, 0.29) is 35.3 Å². The monoisotopic (exact) mass is 607 g/mol. The maximum Gasteiger partial charge on any atom is 0.0645 e. The number of anilines is 3. The van der Waals surface area contributed by atoms with E-state index in [2.05, 4.69) is 116 Å². The molecule has 0 saturated carbocycles. The smallest absolute Gasteiger partial charge is 0.0645 e. The van der Waals surface area contributed by atoms with Gasteiger partial charge < -0.3 is 9.47 Å². The van der Waals surface area contributed by atoms with Crippen molar-refractivity contribution in [1.29, 1.82) is 0 Å². The highest BCUT2D eigenvalue weighted by Crippen LogP contribution is 2.51. The second-order valence-electron chi connectivity index (χ2n) is 12.7. The predicted octanol–water partition coefficient (Wildman–Crippen LogP) is 12.2. The summed E-state index contributed by atoms with van der Waals surface area (Å²) in [6.07, 6.45) is 0. The molecule has 0 spiro atoms. The normalized spacial score (nSPS) is 14.6. The molecule has 1 aliphatic rings. The first-order valence-electron chi connectivity index (χ1n) is 18.5. The zero-order valence-corrected chi connectivity index (χ0v) is 26.2. The molecule has 0 bridgehead atoms. The fourth-order valence-electron chi connectivity index (χ4n) is 7.39. The van der Waals surface area contributed by atoms with Crippen molar-refractivity contribution in [3.8, 4) is 27.9 Å². The number of benzene rings is 7. The largest absolute Gasteiger partial charge is 0.311 e. The minimum atomic E-state index is -0.402.